The minimum atomic E-state index is -0.691. The van der Waals surface area contributed by atoms with Crippen molar-refractivity contribution >= 4 is 6.09 Å². The Morgan fingerprint density at radius 2 is 2.18 bits per heavy atom. The van der Waals surface area contributed by atoms with E-state index in [0.29, 0.717) is 25.1 Å². The van der Waals surface area contributed by atoms with Gasteiger partial charge in [0, 0.05) is 12.6 Å². The molecule has 0 aromatic heterocycles. The van der Waals surface area contributed by atoms with Crippen LogP contribution in [0.5, 0.6) is 0 Å². The third-order valence-electron chi connectivity index (χ3n) is 3.78. The van der Waals surface area contributed by atoms with Gasteiger partial charge in [0.15, 0.2) is 0 Å². The van der Waals surface area contributed by atoms with E-state index >= 15 is 0 Å². The Morgan fingerprint density at radius 1 is 1.47 bits per heavy atom. The summed E-state index contributed by atoms with van der Waals surface area (Å²) >= 11 is 0. The number of ether oxygens (including phenoxy) is 1. The number of amides is 1. The molecule has 3 unspecified atom stereocenters. The van der Waals surface area contributed by atoms with E-state index in [9.17, 15) is 4.79 Å². The summed E-state index contributed by atoms with van der Waals surface area (Å²) in [7, 11) is 0. The molecule has 0 aromatic carbocycles. The van der Waals surface area contributed by atoms with E-state index in [-0.39, 0.29) is 0 Å². The van der Waals surface area contributed by atoms with Crippen LogP contribution in [0.1, 0.15) is 40.0 Å². The molecule has 3 N–H and O–H groups in total. The molecule has 0 saturated heterocycles. The molecule has 0 heterocycles. The minimum absolute atomic E-state index is 0.366. The Morgan fingerprint density at radius 3 is 2.76 bits per heavy atom. The molecule has 4 nitrogen and oxygen atoms in total. The number of hydrogen-bond acceptors (Lipinski definition) is 3. The summed E-state index contributed by atoms with van der Waals surface area (Å²) in [5.74, 6) is 2.23. The van der Waals surface area contributed by atoms with Crippen LogP contribution in [-0.4, -0.2) is 25.3 Å². The quantitative estimate of drug-likeness (QED) is 0.726. The summed E-state index contributed by atoms with van der Waals surface area (Å²) < 4.78 is 4.73. The smallest absolute Gasteiger partial charge is 0.404 e. The monoisotopic (exact) mass is 242 g/mol. The normalized spacial score (nSPS) is 29.3. The molecule has 1 amide bonds. The first kappa shape index (κ1) is 14.3. The molecule has 4 heteroatoms. The number of hydrogen-bond donors (Lipinski definition) is 2. The van der Waals surface area contributed by atoms with Gasteiger partial charge >= 0.3 is 6.09 Å². The molecule has 1 aliphatic rings. The minimum Gasteiger partial charge on any atom is -0.448 e. The molecule has 0 aliphatic heterocycles. The molecule has 3 atom stereocenters. The Balaban J connectivity index is 2.33. The second kappa shape index (κ2) is 6.84. The second-order valence-corrected chi connectivity index (χ2v) is 5.55. The van der Waals surface area contributed by atoms with Gasteiger partial charge in [-0.15, -0.1) is 0 Å². The van der Waals surface area contributed by atoms with Crippen molar-refractivity contribution in [3.8, 4) is 0 Å². The standard InChI is InChI=1S/C13H26N2O2/c1-9(2)11-5-4-10(3)8-12(11)15-6-7-17-13(14)16/h9-12,15H,4-8H2,1-3H3,(H2,14,16). The Labute approximate surface area is 104 Å². The van der Waals surface area contributed by atoms with Gasteiger partial charge < -0.3 is 15.8 Å². The molecule has 0 spiro atoms. The summed E-state index contributed by atoms with van der Waals surface area (Å²) in [6.45, 7) is 7.95. The van der Waals surface area contributed by atoms with Crippen molar-refractivity contribution < 1.29 is 9.53 Å². The fourth-order valence-electron chi connectivity index (χ4n) is 2.83. The van der Waals surface area contributed by atoms with Crippen molar-refractivity contribution in [3.05, 3.63) is 0 Å². The lowest BCUT2D eigenvalue weighted by Crippen LogP contribution is -2.44. The first-order valence-corrected chi connectivity index (χ1v) is 6.66. The molecule has 0 bridgehead atoms. The molecule has 17 heavy (non-hydrogen) atoms. The number of nitrogens with one attached hydrogen (secondary N) is 1. The van der Waals surface area contributed by atoms with Crippen molar-refractivity contribution in [1.82, 2.24) is 5.32 Å². The average molecular weight is 242 g/mol. The molecule has 1 rings (SSSR count). The average Bonchev–Trinajstić information content (AvgIpc) is 2.23. The van der Waals surface area contributed by atoms with E-state index < -0.39 is 6.09 Å². The summed E-state index contributed by atoms with van der Waals surface area (Å²) in [6.07, 6.45) is 3.16. The van der Waals surface area contributed by atoms with Crippen molar-refractivity contribution in [2.24, 2.45) is 23.5 Å². The van der Waals surface area contributed by atoms with E-state index in [1.54, 1.807) is 0 Å². The van der Waals surface area contributed by atoms with E-state index in [1.165, 1.54) is 19.3 Å². The van der Waals surface area contributed by atoms with Gasteiger partial charge in [-0.3, -0.25) is 0 Å². The molecule has 1 fully saturated rings. The van der Waals surface area contributed by atoms with Crippen LogP contribution < -0.4 is 11.1 Å². The molecule has 0 aromatic rings. The zero-order valence-corrected chi connectivity index (χ0v) is 11.2. The first-order valence-electron chi connectivity index (χ1n) is 6.66. The zero-order valence-electron chi connectivity index (χ0n) is 11.2. The van der Waals surface area contributed by atoms with Crippen LogP contribution in [-0.2, 0) is 4.74 Å². The second-order valence-electron chi connectivity index (χ2n) is 5.55. The fourth-order valence-corrected chi connectivity index (χ4v) is 2.83. The summed E-state index contributed by atoms with van der Waals surface area (Å²) in [6, 6.07) is 0.551. The highest BCUT2D eigenvalue weighted by atomic mass is 16.5. The van der Waals surface area contributed by atoms with Crippen LogP contribution in [0.25, 0.3) is 0 Å². The highest BCUT2D eigenvalue weighted by Crippen LogP contribution is 2.33. The lowest BCUT2D eigenvalue weighted by molar-refractivity contribution is 0.140. The number of primary amides is 1. The van der Waals surface area contributed by atoms with Gasteiger partial charge in [-0.2, -0.15) is 0 Å². The number of carbonyl (C=O) groups is 1. The Kier molecular flexibility index (Phi) is 5.75. The van der Waals surface area contributed by atoms with Gasteiger partial charge in [0.1, 0.15) is 6.61 Å². The Bertz CT molecular complexity index is 244. The van der Waals surface area contributed by atoms with E-state index in [4.69, 9.17) is 10.5 Å². The summed E-state index contributed by atoms with van der Waals surface area (Å²) in [5.41, 5.74) is 4.92. The van der Waals surface area contributed by atoms with Gasteiger partial charge in [-0.05, 0) is 30.6 Å². The topological polar surface area (TPSA) is 64.3 Å². The van der Waals surface area contributed by atoms with Gasteiger partial charge in [0.2, 0.25) is 0 Å². The third-order valence-corrected chi connectivity index (χ3v) is 3.78. The van der Waals surface area contributed by atoms with Gasteiger partial charge in [0.25, 0.3) is 0 Å². The van der Waals surface area contributed by atoms with Crippen LogP contribution in [0.4, 0.5) is 4.79 Å². The molecule has 100 valence electrons. The van der Waals surface area contributed by atoms with Gasteiger partial charge in [-0.1, -0.05) is 27.2 Å². The maximum atomic E-state index is 10.4. The molecular formula is C13H26N2O2. The summed E-state index contributed by atoms with van der Waals surface area (Å²) in [4.78, 5) is 10.4. The first-order chi connectivity index (χ1) is 8.00. The molecule has 0 radical (unpaired) electrons. The number of rotatable bonds is 5. The zero-order chi connectivity index (χ0) is 12.8. The van der Waals surface area contributed by atoms with E-state index in [2.05, 4.69) is 26.1 Å². The maximum Gasteiger partial charge on any atom is 0.404 e. The number of nitrogens with two attached hydrogens (primary N) is 1. The number of carbonyl (C=O) groups excluding carboxylic acids is 1. The molecular weight excluding hydrogens is 216 g/mol. The van der Waals surface area contributed by atoms with Crippen molar-refractivity contribution in [1.29, 1.82) is 0 Å². The lowest BCUT2D eigenvalue weighted by Gasteiger charge is -2.38. The van der Waals surface area contributed by atoms with Crippen molar-refractivity contribution in [2.45, 2.75) is 46.1 Å². The lowest BCUT2D eigenvalue weighted by atomic mass is 9.74. The van der Waals surface area contributed by atoms with Gasteiger partial charge in [0.05, 0.1) is 0 Å². The maximum absolute atomic E-state index is 10.4. The molecule has 1 aliphatic carbocycles. The predicted molar refractivity (Wildman–Crippen MR) is 68.7 cm³/mol. The fraction of sp³-hybridized carbons (Fsp3) is 0.923. The van der Waals surface area contributed by atoms with Crippen LogP contribution in [0.15, 0.2) is 0 Å². The van der Waals surface area contributed by atoms with Gasteiger partial charge in [-0.25, -0.2) is 4.79 Å². The predicted octanol–water partition coefficient (Wildman–Crippen LogP) is 2.13. The SMILES string of the molecule is CC1CCC(C(C)C)C(NCCOC(N)=O)C1. The van der Waals surface area contributed by atoms with Crippen LogP contribution in [0, 0.1) is 17.8 Å². The highest BCUT2D eigenvalue weighted by molar-refractivity contribution is 5.64. The van der Waals surface area contributed by atoms with Crippen LogP contribution in [0.2, 0.25) is 0 Å². The highest BCUT2D eigenvalue weighted by Gasteiger charge is 2.29. The van der Waals surface area contributed by atoms with Crippen LogP contribution >= 0.6 is 0 Å². The van der Waals surface area contributed by atoms with Crippen molar-refractivity contribution in [2.75, 3.05) is 13.2 Å². The largest absolute Gasteiger partial charge is 0.448 e. The van der Waals surface area contributed by atoms with Crippen molar-refractivity contribution in [3.63, 3.8) is 0 Å². The molecule has 1 saturated carbocycles. The van der Waals surface area contributed by atoms with E-state index in [1.807, 2.05) is 0 Å². The third kappa shape index (κ3) is 4.94. The van der Waals surface area contributed by atoms with Crippen LogP contribution in [0.3, 0.4) is 0 Å². The Hall–Kier alpha value is -0.770. The summed E-state index contributed by atoms with van der Waals surface area (Å²) in [5, 5.41) is 3.51. The van der Waals surface area contributed by atoms with E-state index in [0.717, 1.165) is 11.8 Å².